The quantitative estimate of drug-likeness (QED) is 0.786. The van der Waals surface area contributed by atoms with E-state index in [0.717, 1.165) is 18.2 Å². The molecule has 0 unspecified atom stereocenters. The summed E-state index contributed by atoms with van der Waals surface area (Å²) in [5.74, 6) is 2.55. The molecule has 0 bridgehead atoms. The molecule has 0 saturated heterocycles. The summed E-state index contributed by atoms with van der Waals surface area (Å²) in [6.45, 7) is 1.11. The highest BCUT2D eigenvalue weighted by Gasteiger charge is 2.38. The molecule has 0 amide bonds. The summed E-state index contributed by atoms with van der Waals surface area (Å²) in [4.78, 5) is 0. The predicted molar refractivity (Wildman–Crippen MR) is 57.8 cm³/mol. The van der Waals surface area contributed by atoms with Gasteiger partial charge in [0.05, 0.1) is 7.11 Å². The molecule has 2 rings (SSSR count). The average molecular weight is 191 g/mol. The first-order chi connectivity index (χ1) is 6.86. The minimum atomic E-state index is 0.707. The van der Waals surface area contributed by atoms with Crippen molar-refractivity contribution < 1.29 is 4.74 Å². The van der Waals surface area contributed by atoms with Crippen LogP contribution < -0.4 is 10.1 Å². The van der Waals surface area contributed by atoms with Gasteiger partial charge in [-0.1, -0.05) is 18.2 Å². The van der Waals surface area contributed by atoms with Crippen LogP contribution in [0.1, 0.15) is 17.9 Å². The Hall–Kier alpha value is -1.02. The molecule has 0 aromatic heterocycles. The zero-order valence-corrected chi connectivity index (χ0v) is 8.79. The maximum atomic E-state index is 5.35. The third-order valence-electron chi connectivity index (χ3n) is 2.93. The number of hydrogen-bond acceptors (Lipinski definition) is 2. The molecule has 1 N–H and O–H groups in total. The van der Waals surface area contributed by atoms with Crippen LogP contribution in [0.25, 0.3) is 0 Å². The van der Waals surface area contributed by atoms with Crippen LogP contribution in [-0.2, 0) is 0 Å². The first kappa shape index (κ1) is 9.53. The van der Waals surface area contributed by atoms with E-state index in [0.29, 0.717) is 5.92 Å². The topological polar surface area (TPSA) is 21.3 Å². The van der Waals surface area contributed by atoms with Crippen LogP contribution in [0, 0.1) is 5.92 Å². The van der Waals surface area contributed by atoms with Crippen LogP contribution in [0.4, 0.5) is 0 Å². The number of rotatable bonds is 4. The van der Waals surface area contributed by atoms with Gasteiger partial charge in [-0.25, -0.2) is 0 Å². The highest BCUT2D eigenvalue weighted by Crippen LogP contribution is 2.49. The Labute approximate surface area is 85.3 Å². The smallest absolute Gasteiger partial charge is 0.122 e. The fourth-order valence-corrected chi connectivity index (χ4v) is 2.09. The zero-order chi connectivity index (χ0) is 9.97. The fourth-order valence-electron chi connectivity index (χ4n) is 2.09. The lowest BCUT2D eigenvalue weighted by molar-refractivity contribution is 0.409. The van der Waals surface area contributed by atoms with Gasteiger partial charge < -0.3 is 10.1 Å². The molecule has 2 nitrogen and oxygen atoms in total. The third-order valence-corrected chi connectivity index (χ3v) is 2.93. The van der Waals surface area contributed by atoms with Crippen molar-refractivity contribution in [2.75, 3.05) is 20.7 Å². The van der Waals surface area contributed by atoms with Gasteiger partial charge >= 0.3 is 0 Å². The minimum Gasteiger partial charge on any atom is -0.496 e. The molecule has 0 spiro atoms. The maximum absolute atomic E-state index is 5.35. The van der Waals surface area contributed by atoms with Crippen molar-refractivity contribution in [2.24, 2.45) is 5.92 Å². The normalized spacial score (nSPS) is 24.7. The Bertz CT molecular complexity index is 311. The molecule has 1 aliphatic carbocycles. The molecule has 2 atom stereocenters. The molecule has 0 heterocycles. The van der Waals surface area contributed by atoms with Crippen LogP contribution in [0.3, 0.4) is 0 Å². The molecule has 2 heteroatoms. The van der Waals surface area contributed by atoms with Crippen molar-refractivity contribution in [1.82, 2.24) is 5.32 Å². The lowest BCUT2D eigenvalue weighted by Gasteiger charge is -2.07. The number of ether oxygens (including phenoxy) is 1. The number of benzene rings is 1. The van der Waals surface area contributed by atoms with Crippen LogP contribution in [0.2, 0.25) is 0 Å². The van der Waals surface area contributed by atoms with Gasteiger partial charge in [-0.05, 0) is 43.5 Å². The Morgan fingerprint density at radius 3 is 2.93 bits per heavy atom. The van der Waals surface area contributed by atoms with E-state index in [2.05, 4.69) is 17.4 Å². The maximum Gasteiger partial charge on any atom is 0.122 e. The van der Waals surface area contributed by atoms with Crippen molar-refractivity contribution in [2.45, 2.75) is 12.3 Å². The summed E-state index contributed by atoms with van der Waals surface area (Å²) < 4.78 is 5.35. The standard InChI is InChI=1S/C12H17NO/c1-13-8-9-7-11(9)10-5-3-4-6-12(10)14-2/h3-6,9,11,13H,7-8H2,1-2H3/t9-,11+/m0/s1. The Kier molecular flexibility index (Phi) is 2.73. The first-order valence-electron chi connectivity index (χ1n) is 5.14. The fraction of sp³-hybridized carbons (Fsp3) is 0.500. The molecule has 0 aliphatic heterocycles. The number of hydrogen-bond donors (Lipinski definition) is 1. The Morgan fingerprint density at radius 1 is 1.43 bits per heavy atom. The lowest BCUT2D eigenvalue weighted by atomic mass is 10.1. The monoisotopic (exact) mass is 191 g/mol. The molecular formula is C12H17NO. The summed E-state index contributed by atoms with van der Waals surface area (Å²) in [5, 5.41) is 3.23. The molecular weight excluding hydrogens is 174 g/mol. The average Bonchev–Trinajstić information content (AvgIpc) is 2.98. The minimum absolute atomic E-state index is 0.707. The summed E-state index contributed by atoms with van der Waals surface area (Å²) in [7, 11) is 3.76. The number of methoxy groups -OCH3 is 1. The Morgan fingerprint density at radius 2 is 2.21 bits per heavy atom. The second kappa shape index (κ2) is 4.01. The van der Waals surface area contributed by atoms with Gasteiger partial charge in [0.25, 0.3) is 0 Å². The molecule has 1 aliphatic rings. The highest BCUT2D eigenvalue weighted by molar-refractivity contribution is 5.39. The van der Waals surface area contributed by atoms with Gasteiger partial charge in [0, 0.05) is 0 Å². The largest absolute Gasteiger partial charge is 0.496 e. The molecule has 0 radical (unpaired) electrons. The van der Waals surface area contributed by atoms with Crippen LogP contribution in [0.5, 0.6) is 5.75 Å². The van der Waals surface area contributed by atoms with Crippen molar-refractivity contribution in [3.8, 4) is 5.75 Å². The third kappa shape index (κ3) is 1.75. The molecule has 1 saturated carbocycles. The van der Waals surface area contributed by atoms with E-state index in [1.165, 1.54) is 12.0 Å². The Balaban J connectivity index is 2.10. The first-order valence-corrected chi connectivity index (χ1v) is 5.14. The molecule has 1 aromatic rings. The zero-order valence-electron chi connectivity index (χ0n) is 8.79. The van der Waals surface area contributed by atoms with Crippen molar-refractivity contribution in [1.29, 1.82) is 0 Å². The molecule has 76 valence electrons. The second-order valence-corrected chi connectivity index (χ2v) is 3.90. The molecule has 14 heavy (non-hydrogen) atoms. The van der Waals surface area contributed by atoms with Gasteiger partial charge in [-0.2, -0.15) is 0 Å². The summed E-state index contributed by atoms with van der Waals surface area (Å²) >= 11 is 0. The van der Waals surface area contributed by atoms with E-state index >= 15 is 0 Å². The lowest BCUT2D eigenvalue weighted by Crippen LogP contribution is -2.10. The van der Waals surface area contributed by atoms with E-state index in [1.54, 1.807) is 7.11 Å². The van der Waals surface area contributed by atoms with E-state index < -0.39 is 0 Å². The van der Waals surface area contributed by atoms with Crippen molar-refractivity contribution in [3.05, 3.63) is 29.8 Å². The number of para-hydroxylation sites is 1. The van der Waals surface area contributed by atoms with E-state index in [9.17, 15) is 0 Å². The van der Waals surface area contributed by atoms with Gasteiger partial charge in [-0.15, -0.1) is 0 Å². The van der Waals surface area contributed by atoms with E-state index in [4.69, 9.17) is 4.74 Å². The predicted octanol–water partition coefficient (Wildman–Crippen LogP) is 2.02. The SMILES string of the molecule is CNC[C@@H]1C[C@H]1c1ccccc1OC. The van der Waals surface area contributed by atoms with Gasteiger partial charge in [0.2, 0.25) is 0 Å². The second-order valence-electron chi connectivity index (χ2n) is 3.90. The number of nitrogens with one attached hydrogen (secondary N) is 1. The van der Waals surface area contributed by atoms with Crippen LogP contribution in [-0.4, -0.2) is 20.7 Å². The highest BCUT2D eigenvalue weighted by atomic mass is 16.5. The van der Waals surface area contributed by atoms with Gasteiger partial charge in [0.15, 0.2) is 0 Å². The molecule has 1 fully saturated rings. The van der Waals surface area contributed by atoms with E-state index in [-0.39, 0.29) is 0 Å². The summed E-state index contributed by atoms with van der Waals surface area (Å²) in [6, 6.07) is 8.34. The van der Waals surface area contributed by atoms with Crippen molar-refractivity contribution >= 4 is 0 Å². The van der Waals surface area contributed by atoms with Gasteiger partial charge in [0.1, 0.15) is 5.75 Å². The van der Waals surface area contributed by atoms with Gasteiger partial charge in [-0.3, -0.25) is 0 Å². The summed E-state index contributed by atoms with van der Waals surface area (Å²) in [6.07, 6.45) is 1.29. The summed E-state index contributed by atoms with van der Waals surface area (Å²) in [5.41, 5.74) is 1.37. The van der Waals surface area contributed by atoms with Crippen LogP contribution >= 0.6 is 0 Å². The van der Waals surface area contributed by atoms with Crippen LogP contribution in [0.15, 0.2) is 24.3 Å². The molecule has 1 aromatic carbocycles. The van der Waals surface area contributed by atoms with Crippen molar-refractivity contribution in [3.63, 3.8) is 0 Å². The van der Waals surface area contributed by atoms with E-state index in [1.807, 2.05) is 19.2 Å².